The van der Waals surface area contributed by atoms with Gasteiger partial charge in [-0.1, -0.05) is 55.3 Å². The van der Waals surface area contributed by atoms with Crippen molar-refractivity contribution in [3.05, 3.63) is 71.3 Å². The maximum Gasteiger partial charge on any atom is 0.417 e. The van der Waals surface area contributed by atoms with Crippen molar-refractivity contribution in [3.63, 3.8) is 0 Å². The van der Waals surface area contributed by atoms with Crippen LogP contribution >= 0.6 is 0 Å². The quantitative estimate of drug-likeness (QED) is 0.443. The summed E-state index contributed by atoms with van der Waals surface area (Å²) in [5, 5.41) is 3.06. The number of amides is 2. The standard InChI is InChI=1S/C28H31F3N4O2/c29-28(30,31)23-9-5-4-8-22(23)25(36)35-18-16-34(17-19-35)24(21-6-2-1-3-7-21)33-27(13-14-27)26(37)32-15-12-20-10-11-20/h1-9,20H,10-19H2,(H,32,37). The Hall–Kier alpha value is -3.36. The molecule has 0 unspecified atom stereocenters. The summed E-state index contributed by atoms with van der Waals surface area (Å²) in [5.41, 5.74) is -1.15. The number of hydrogen-bond acceptors (Lipinski definition) is 3. The molecule has 3 fully saturated rings. The summed E-state index contributed by atoms with van der Waals surface area (Å²) in [5.74, 6) is 0.762. The van der Waals surface area contributed by atoms with Gasteiger partial charge < -0.3 is 15.1 Å². The van der Waals surface area contributed by atoms with Crippen LogP contribution in [0.25, 0.3) is 0 Å². The Kier molecular flexibility index (Phi) is 6.96. The van der Waals surface area contributed by atoms with Gasteiger partial charge in [-0.3, -0.25) is 14.6 Å². The maximum atomic E-state index is 13.5. The highest BCUT2D eigenvalue weighted by atomic mass is 19.4. The zero-order valence-corrected chi connectivity index (χ0v) is 20.6. The van der Waals surface area contributed by atoms with Gasteiger partial charge in [0, 0.05) is 38.3 Å². The molecule has 1 saturated heterocycles. The molecule has 2 saturated carbocycles. The molecule has 2 aromatic carbocycles. The fraction of sp³-hybridized carbons (Fsp3) is 0.464. The first-order valence-electron chi connectivity index (χ1n) is 12.9. The molecule has 196 valence electrons. The highest BCUT2D eigenvalue weighted by molar-refractivity contribution is 6.02. The summed E-state index contributed by atoms with van der Waals surface area (Å²) in [6, 6.07) is 14.5. The summed E-state index contributed by atoms with van der Waals surface area (Å²) in [4.78, 5) is 34.5. The van der Waals surface area contributed by atoms with Crippen LogP contribution < -0.4 is 5.32 Å². The SMILES string of the molecule is O=C(c1ccccc1C(F)(F)F)N1CCN(C(=NC2(C(=O)NCCC3CC3)CC2)c2ccccc2)CC1. The third-order valence-corrected chi connectivity index (χ3v) is 7.36. The molecule has 6 nitrogen and oxygen atoms in total. The number of halogens is 3. The summed E-state index contributed by atoms with van der Waals surface area (Å²) >= 11 is 0. The number of amidine groups is 1. The predicted molar refractivity (Wildman–Crippen MR) is 134 cm³/mol. The van der Waals surface area contributed by atoms with E-state index < -0.39 is 23.2 Å². The van der Waals surface area contributed by atoms with E-state index in [9.17, 15) is 22.8 Å². The van der Waals surface area contributed by atoms with Crippen LogP contribution in [-0.2, 0) is 11.0 Å². The lowest BCUT2D eigenvalue weighted by atomic mass is 10.1. The second kappa shape index (κ2) is 10.2. The minimum absolute atomic E-state index is 0.0425. The van der Waals surface area contributed by atoms with Gasteiger partial charge in [0.05, 0.1) is 11.1 Å². The maximum absolute atomic E-state index is 13.5. The Labute approximate surface area is 214 Å². The van der Waals surface area contributed by atoms with Crippen molar-refractivity contribution in [2.75, 3.05) is 32.7 Å². The smallest absolute Gasteiger partial charge is 0.354 e. The fourth-order valence-corrected chi connectivity index (χ4v) is 4.79. The van der Waals surface area contributed by atoms with E-state index >= 15 is 0 Å². The molecule has 2 aromatic rings. The molecular weight excluding hydrogens is 481 g/mol. The fourth-order valence-electron chi connectivity index (χ4n) is 4.79. The molecule has 0 radical (unpaired) electrons. The van der Waals surface area contributed by atoms with Gasteiger partial charge in [-0.15, -0.1) is 0 Å². The average molecular weight is 513 g/mol. The Balaban J connectivity index is 1.31. The summed E-state index contributed by atoms with van der Waals surface area (Å²) in [6.45, 7) is 2.01. The van der Waals surface area contributed by atoms with Crippen molar-refractivity contribution in [2.24, 2.45) is 10.9 Å². The number of alkyl halides is 3. The number of carbonyl (C=O) groups is 2. The van der Waals surface area contributed by atoms with Gasteiger partial charge in [0.15, 0.2) is 0 Å². The van der Waals surface area contributed by atoms with E-state index in [0.29, 0.717) is 38.3 Å². The Morgan fingerprint density at radius 2 is 1.54 bits per heavy atom. The normalized spacial score (nSPS) is 19.5. The van der Waals surface area contributed by atoms with E-state index in [1.54, 1.807) is 0 Å². The molecule has 1 heterocycles. The highest BCUT2D eigenvalue weighted by Gasteiger charge is 2.51. The van der Waals surface area contributed by atoms with Crippen LogP contribution in [0.4, 0.5) is 13.2 Å². The van der Waals surface area contributed by atoms with Gasteiger partial charge in [-0.2, -0.15) is 13.2 Å². The topological polar surface area (TPSA) is 65.0 Å². The molecule has 0 aromatic heterocycles. The number of nitrogens with zero attached hydrogens (tertiary/aromatic N) is 3. The lowest BCUT2D eigenvalue weighted by molar-refractivity contribution is -0.138. The Bertz CT molecular complexity index is 1170. The third kappa shape index (κ3) is 5.81. The third-order valence-electron chi connectivity index (χ3n) is 7.36. The molecule has 0 bridgehead atoms. The number of aliphatic imine (C=N–C) groups is 1. The second-order valence-corrected chi connectivity index (χ2v) is 10.1. The van der Waals surface area contributed by atoms with Crippen LogP contribution in [-0.4, -0.2) is 65.7 Å². The van der Waals surface area contributed by atoms with Crippen molar-refractivity contribution < 1.29 is 22.8 Å². The summed E-state index contributed by atoms with van der Waals surface area (Å²) in [6.07, 6.45) is 0.265. The lowest BCUT2D eigenvalue weighted by Gasteiger charge is -2.37. The number of hydrogen-bond donors (Lipinski definition) is 1. The van der Waals surface area contributed by atoms with E-state index in [4.69, 9.17) is 4.99 Å². The van der Waals surface area contributed by atoms with Gasteiger partial charge >= 0.3 is 6.18 Å². The van der Waals surface area contributed by atoms with E-state index in [-0.39, 0.29) is 24.6 Å². The van der Waals surface area contributed by atoms with Crippen LogP contribution in [0.15, 0.2) is 59.6 Å². The predicted octanol–water partition coefficient (Wildman–Crippen LogP) is 4.36. The number of piperazine rings is 1. The Morgan fingerprint density at radius 1 is 0.919 bits per heavy atom. The molecule has 2 aliphatic carbocycles. The molecule has 2 amide bonds. The zero-order chi connectivity index (χ0) is 26.0. The first-order chi connectivity index (χ1) is 17.8. The van der Waals surface area contributed by atoms with Gasteiger partial charge in [-0.25, -0.2) is 0 Å². The molecule has 9 heteroatoms. The van der Waals surface area contributed by atoms with Crippen LogP contribution in [0.1, 0.15) is 53.6 Å². The van der Waals surface area contributed by atoms with E-state index in [1.807, 2.05) is 35.2 Å². The van der Waals surface area contributed by atoms with Crippen LogP contribution in [0.2, 0.25) is 0 Å². The molecule has 5 rings (SSSR count). The monoisotopic (exact) mass is 512 g/mol. The summed E-state index contributed by atoms with van der Waals surface area (Å²) in [7, 11) is 0. The molecular formula is C28H31F3N4O2. The molecule has 1 aliphatic heterocycles. The average Bonchev–Trinajstić information content (AvgIpc) is 3.84. The Morgan fingerprint density at radius 3 is 2.16 bits per heavy atom. The van der Waals surface area contributed by atoms with Crippen molar-refractivity contribution in [1.82, 2.24) is 15.1 Å². The van der Waals surface area contributed by atoms with Gasteiger partial charge in [-0.05, 0) is 37.3 Å². The van der Waals surface area contributed by atoms with Gasteiger partial charge in [0.2, 0.25) is 5.91 Å². The van der Waals surface area contributed by atoms with E-state index in [1.165, 1.54) is 35.9 Å². The van der Waals surface area contributed by atoms with Gasteiger partial charge in [0.25, 0.3) is 5.91 Å². The van der Waals surface area contributed by atoms with E-state index in [0.717, 1.165) is 24.0 Å². The molecule has 37 heavy (non-hydrogen) atoms. The first kappa shape index (κ1) is 25.3. The minimum Gasteiger partial charge on any atom is -0.354 e. The number of rotatable bonds is 7. The largest absolute Gasteiger partial charge is 0.417 e. The number of nitrogens with one attached hydrogen (secondary N) is 1. The van der Waals surface area contributed by atoms with Crippen molar-refractivity contribution in [2.45, 2.75) is 43.8 Å². The first-order valence-corrected chi connectivity index (χ1v) is 12.9. The van der Waals surface area contributed by atoms with Crippen LogP contribution in [0.5, 0.6) is 0 Å². The number of benzene rings is 2. The second-order valence-electron chi connectivity index (χ2n) is 10.1. The summed E-state index contributed by atoms with van der Waals surface area (Å²) < 4.78 is 40.4. The molecule has 1 N–H and O–H groups in total. The van der Waals surface area contributed by atoms with Crippen molar-refractivity contribution in [1.29, 1.82) is 0 Å². The van der Waals surface area contributed by atoms with Crippen LogP contribution in [0.3, 0.4) is 0 Å². The highest BCUT2D eigenvalue weighted by Crippen LogP contribution is 2.41. The zero-order valence-electron chi connectivity index (χ0n) is 20.6. The minimum atomic E-state index is -4.60. The van der Waals surface area contributed by atoms with Crippen molar-refractivity contribution in [3.8, 4) is 0 Å². The molecule has 0 atom stereocenters. The number of carbonyl (C=O) groups excluding carboxylic acids is 2. The molecule has 0 spiro atoms. The lowest BCUT2D eigenvalue weighted by Crippen LogP contribution is -2.51. The van der Waals surface area contributed by atoms with Crippen molar-refractivity contribution >= 4 is 17.6 Å². The van der Waals surface area contributed by atoms with Crippen LogP contribution in [0, 0.1) is 5.92 Å². The van der Waals surface area contributed by atoms with Gasteiger partial charge in [0.1, 0.15) is 11.4 Å². The van der Waals surface area contributed by atoms with E-state index in [2.05, 4.69) is 5.32 Å². The molecule has 3 aliphatic rings.